The summed E-state index contributed by atoms with van der Waals surface area (Å²) in [6.45, 7) is 9.31. The van der Waals surface area contributed by atoms with E-state index in [-0.39, 0.29) is 5.97 Å². The molecule has 1 saturated carbocycles. The summed E-state index contributed by atoms with van der Waals surface area (Å²) in [5, 5.41) is 0. The van der Waals surface area contributed by atoms with Gasteiger partial charge >= 0.3 is 5.97 Å². The molecule has 1 heterocycles. The Kier molecular flexibility index (Phi) is 4.21. The van der Waals surface area contributed by atoms with E-state index in [1.165, 1.54) is 19.4 Å². The van der Waals surface area contributed by atoms with Gasteiger partial charge in [0, 0.05) is 13.1 Å². The van der Waals surface area contributed by atoms with Crippen molar-refractivity contribution < 1.29 is 9.53 Å². The van der Waals surface area contributed by atoms with Crippen molar-refractivity contribution in [2.24, 2.45) is 17.1 Å². The molecule has 0 unspecified atom stereocenters. The van der Waals surface area contributed by atoms with Gasteiger partial charge in [0.05, 0.1) is 5.41 Å². The summed E-state index contributed by atoms with van der Waals surface area (Å²) < 4.78 is 5.56. The summed E-state index contributed by atoms with van der Waals surface area (Å²) in [7, 11) is 0. The number of hydrogen-bond donors (Lipinski definition) is 1. The Morgan fingerprint density at radius 3 is 2.32 bits per heavy atom. The number of rotatable bonds is 4. The number of hydrogen-bond acceptors (Lipinski definition) is 4. The zero-order valence-electron chi connectivity index (χ0n) is 12.6. The Morgan fingerprint density at radius 2 is 1.89 bits per heavy atom. The van der Waals surface area contributed by atoms with Gasteiger partial charge in [0.1, 0.15) is 5.60 Å². The van der Waals surface area contributed by atoms with Gasteiger partial charge in [0.15, 0.2) is 0 Å². The fraction of sp³-hybridized carbons (Fsp3) is 0.933. The van der Waals surface area contributed by atoms with Crippen LogP contribution in [0.3, 0.4) is 0 Å². The SMILES string of the molecule is CC(C)(C)OC(=O)C1(CN)CCN(CC2CC2)CC1. The van der Waals surface area contributed by atoms with Gasteiger partial charge in [0.2, 0.25) is 0 Å². The van der Waals surface area contributed by atoms with Crippen molar-refractivity contribution in [3.8, 4) is 0 Å². The normalized spacial score (nSPS) is 24.2. The Morgan fingerprint density at radius 1 is 1.32 bits per heavy atom. The smallest absolute Gasteiger partial charge is 0.313 e. The fourth-order valence-electron chi connectivity index (χ4n) is 2.71. The number of esters is 1. The second-order valence-electron chi connectivity index (χ2n) is 7.23. The Labute approximate surface area is 116 Å². The summed E-state index contributed by atoms with van der Waals surface area (Å²) in [5.41, 5.74) is 5.02. The van der Waals surface area contributed by atoms with Crippen LogP contribution in [0, 0.1) is 11.3 Å². The van der Waals surface area contributed by atoms with Crippen molar-refractivity contribution in [2.75, 3.05) is 26.2 Å². The lowest BCUT2D eigenvalue weighted by molar-refractivity contribution is -0.170. The number of carbonyl (C=O) groups is 1. The molecule has 0 spiro atoms. The number of nitrogens with zero attached hydrogens (tertiary/aromatic N) is 1. The first-order chi connectivity index (χ1) is 8.85. The largest absolute Gasteiger partial charge is 0.460 e. The molecule has 1 aliphatic heterocycles. The number of nitrogens with two attached hydrogens (primary N) is 1. The van der Waals surface area contributed by atoms with Crippen LogP contribution in [0.1, 0.15) is 46.5 Å². The maximum atomic E-state index is 12.4. The van der Waals surface area contributed by atoms with E-state index in [9.17, 15) is 4.79 Å². The van der Waals surface area contributed by atoms with Gasteiger partial charge in [-0.3, -0.25) is 4.79 Å². The first kappa shape index (κ1) is 14.8. The molecule has 0 aromatic heterocycles. The van der Waals surface area contributed by atoms with Crippen LogP contribution in [0.25, 0.3) is 0 Å². The Bertz CT molecular complexity index is 324. The van der Waals surface area contributed by atoms with Crippen molar-refractivity contribution in [3.05, 3.63) is 0 Å². The lowest BCUT2D eigenvalue weighted by Crippen LogP contribution is -2.50. The van der Waals surface area contributed by atoms with Gasteiger partial charge < -0.3 is 15.4 Å². The molecule has 2 aliphatic rings. The first-order valence-corrected chi connectivity index (χ1v) is 7.50. The highest BCUT2D eigenvalue weighted by molar-refractivity contribution is 5.77. The van der Waals surface area contributed by atoms with Crippen LogP contribution in [0.5, 0.6) is 0 Å². The van der Waals surface area contributed by atoms with Gasteiger partial charge in [-0.1, -0.05) is 0 Å². The molecule has 2 N–H and O–H groups in total. The minimum Gasteiger partial charge on any atom is -0.460 e. The highest BCUT2D eigenvalue weighted by Gasteiger charge is 2.43. The number of likely N-dealkylation sites (tertiary alicyclic amines) is 1. The fourth-order valence-corrected chi connectivity index (χ4v) is 2.71. The van der Waals surface area contributed by atoms with Gasteiger partial charge in [-0.15, -0.1) is 0 Å². The van der Waals surface area contributed by atoms with Crippen molar-refractivity contribution in [3.63, 3.8) is 0 Å². The standard InChI is InChI=1S/C15H28N2O2/c1-14(2,3)19-13(18)15(11-16)6-8-17(9-7-15)10-12-4-5-12/h12H,4-11,16H2,1-3H3. The quantitative estimate of drug-likeness (QED) is 0.790. The number of piperidine rings is 1. The molecule has 19 heavy (non-hydrogen) atoms. The lowest BCUT2D eigenvalue weighted by Gasteiger charge is -2.40. The van der Waals surface area contributed by atoms with Crippen LogP contribution >= 0.6 is 0 Å². The van der Waals surface area contributed by atoms with Crippen LogP contribution in [0.2, 0.25) is 0 Å². The molecule has 0 amide bonds. The zero-order valence-corrected chi connectivity index (χ0v) is 12.6. The second kappa shape index (κ2) is 5.41. The van der Waals surface area contributed by atoms with Crippen LogP contribution in [0.15, 0.2) is 0 Å². The molecule has 110 valence electrons. The minimum atomic E-state index is -0.451. The Balaban J connectivity index is 1.90. The lowest BCUT2D eigenvalue weighted by atomic mass is 9.78. The average molecular weight is 268 g/mol. The monoisotopic (exact) mass is 268 g/mol. The molecule has 0 aromatic rings. The summed E-state index contributed by atoms with van der Waals surface area (Å²) in [5.74, 6) is 0.806. The summed E-state index contributed by atoms with van der Waals surface area (Å²) in [4.78, 5) is 14.9. The van der Waals surface area contributed by atoms with E-state index in [0.717, 1.165) is 31.8 Å². The van der Waals surface area contributed by atoms with Crippen molar-refractivity contribution in [2.45, 2.75) is 52.1 Å². The van der Waals surface area contributed by atoms with Gasteiger partial charge in [-0.2, -0.15) is 0 Å². The second-order valence-corrected chi connectivity index (χ2v) is 7.23. The summed E-state index contributed by atoms with van der Waals surface area (Å²) >= 11 is 0. The molecule has 0 bridgehead atoms. The van der Waals surface area contributed by atoms with E-state index < -0.39 is 11.0 Å². The topological polar surface area (TPSA) is 55.6 Å². The minimum absolute atomic E-state index is 0.103. The van der Waals surface area contributed by atoms with Crippen molar-refractivity contribution >= 4 is 5.97 Å². The molecule has 4 nitrogen and oxygen atoms in total. The molecule has 4 heteroatoms. The van der Waals surface area contributed by atoms with Gasteiger partial charge in [-0.25, -0.2) is 0 Å². The van der Waals surface area contributed by atoms with E-state index in [2.05, 4.69) is 4.90 Å². The molecule has 0 radical (unpaired) electrons. The molecule has 2 rings (SSSR count). The maximum Gasteiger partial charge on any atom is 0.313 e. The highest BCUT2D eigenvalue weighted by Crippen LogP contribution is 2.36. The van der Waals surface area contributed by atoms with E-state index in [1.807, 2.05) is 20.8 Å². The predicted molar refractivity (Wildman–Crippen MR) is 75.7 cm³/mol. The predicted octanol–water partition coefficient (Wildman–Crippen LogP) is 1.78. The average Bonchev–Trinajstić information content (AvgIpc) is 3.12. The third kappa shape index (κ3) is 3.93. The molecular formula is C15H28N2O2. The van der Waals surface area contributed by atoms with Crippen LogP contribution in [-0.4, -0.2) is 42.6 Å². The molecule has 0 atom stereocenters. The molecular weight excluding hydrogens is 240 g/mol. The van der Waals surface area contributed by atoms with Crippen molar-refractivity contribution in [1.29, 1.82) is 0 Å². The van der Waals surface area contributed by atoms with E-state index in [4.69, 9.17) is 10.5 Å². The third-order valence-electron chi connectivity index (χ3n) is 4.25. The summed E-state index contributed by atoms with van der Waals surface area (Å²) in [6, 6.07) is 0. The molecule has 0 aromatic carbocycles. The van der Waals surface area contributed by atoms with Crippen LogP contribution < -0.4 is 5.73 Å². The molecule has 1 saturated heterocycles. The third-order valence-corrected chi connectivity index (χ3v) is 4.25. The first-order valence-electron chi connectivity index (χ1n) is 7.50. The van der Waals surface area contributed by atoms with Gasteiger partial charge in [0.25, 0.3) is 0 Å². The van der Waals surface area contributed by atoms with Crippen LogP contribution in [0.4, 0.5) is 0 Å². The Hall–Kier alpha value is -0.610. The zero-order chi connectivity index (χ0) is 14.1. The van der Waals surface area contributed by atoms with E-state index in [1.54, 1.807) is 0 Å². The van der Waals surface area contributed by atoms with Gasteiger partial charge in [-0.05, 0) is 65.5 Å². The number of carbonyl (C=O) groups excluding carboxylic acids is 1. The molecule has 1 aliphatic carbocycles. The maximum absolute atomic E-state index is 12.4. The summed E-state index contributed by atoms with van der Waals surface area (Å²) in [6.07, 6.45) is 4.44. The number of ether oxygens (including phenoxy) is 1. The molecule has 2 fully saturated rings. The van der Waals surface area contributed by atoms with Crippen LogP contribution in [-0.2, 0) is 9.53 Å². The van der Waals surface area contributed by atoms with Crippen molar-refractivity contribution in [1.82, 2.24) is 4.90 Å². The van der Waals surface area contributed by atoms with E-state index >= 15 is 0 Å². The van der Waals surface area contributed by atoms with E-state index in [0.29, 0.717) is 6.54 Å². The highest BCUT2D eigenvalue weighted by atomic mass is 16.6.